The van der Waals surface area contributed by atoms with E-state index in [0.29, 0.717) is 33.9 Å². The average Bonchev–Trinajstić information content (AvgIpc) is 2.67. The smallest absolute Gasteiger partial charge is 0.339 e. The van der Waals surface area contributed by atoms with Crippen LogP contribution in [0.15, 0.2) is 42.5 Å². The molecule has 6 nitrogen and oxygen atoms in total. The van der Waals surface area contributed by atoms with E-state index in [4.69, 9.17) is 38.0 Å². The molecule has 0 aliphatic rings. The summed E-state index contributed by atoms with van der Waals surface area (Å²) in [5.41, 5.74) is 0.884. The first kappa shape index (κ1) is 20.8. The van der Waals surface area contributed by atoms with Crippen molar-refractivity contribution in [3.05, 3.63) is 53.1 Å². The Kier molecular flexibility index (Phi) is 7.69. The van der Waals surface area contributed by atoms with Crippen LogP contribution in [0.3, 0.4) is 0 Å². The number of methoxy groups -OCH3 is 2. The van der Waals surface area contributed by atoms with Crippen LogP contribution in [-0.4, -0.2) is 38.0 Å². The molecule has 0 spiro atoms. The summed E-state index contributed by atoms with van der Waals surface area (Å²) >= 11 is 11.3. The number of carbonyl (C=O) groups excluding carboxylic acids is 1. The number of esters is 1. The number of nitrogens with one attached hydrogen (secondary N) is 2. The zero-order chi connectivity index (χ0) is 19.8. The van der Waals surface area contributed by atoms with Crippen LogP contribution in [0.2, 0.25) is 5.02 Å². The molecule has 2 rings (SSSR count). The molecule has 8 heteroatoms. The summed E-state index contributed by atoms with van der Waals surface area (Å²) in [6, 6.07) is 12.3. The molecule has 27 heavy (non-hydrogen) atoms. The summed E-state index contributed by atoms with van der Waals surface area (Å²) in [6.45, 7) is 2.32. The van der Waals surface area contributed by atoms with Crippen molar-refractivity contribution in [2.75, 3.05) is 26.1 Å². The lowest BCUT2D eigenvalue weighted by atomic mass is 10.2. The second-order valence-corrected chi connectivity index (χ2v) is 6.46. The molecule has 0 bridgehead atoms. The van der Waals surface area contributed by atoms with Crippen LogP contribution in [0.5, 0.6) is 11.5 Å². The maximum absolute atomic E-state index is 11.7. The fourth-order valence-electron chi connectivity index (χ4n) is 2.25. The fraction of sp³-hybridized carbons (Fsp3) is 0.263. The number of rotatable bonds is 7. The Balaban J connectivity index is 1.90. The van der Waals surface area contributed by atoms with E-state index in [-0.39, 0.29) is 11.6 Å². The molecular formula is C19H21ClN2O4S. The van der Waals surface area contributed by atoms with Gasteiger partial charge >= 0.3 is 5.97 Å². The number of halogens is 1. The average molecular weight is 409 g/mol. The number of thiocarbonyl (C=S) groups is 1. The summed E-state index contributed by atoms with van der Waals surface area (Å²) in [6.07, 6.45) is 0. The molecule has 2 aromatic carbocycles. The number of anilines is 1. The van der Waals surface area contributed by atoms with Gasteiger partial charge in [-0.15, -0.1) is 0 Å². The van der Waals surface area contributed by atoms with E-state index in [1.807, 2.05) is 31.2 Å². The van der Waals surface area contributed by atoms with E-state index in [2.05, 4.69) is 10.6 Å². The Morgan fingerprint density at radius 3 is 2.56 bits per heavy atom. The number of ether oxygens (including phenoxy) is 3. The first-order valence-electron chi connectivity index (χ1n) is 8.15. The van der Waals surface area contributed by atoms with Gasteiger partial charge in [-0.25, -0.2) is 4.79 Å². The highest BCUT2D eigenvalue weighted by atomic mass is 35.5. The van der Waals surface area contributed by atoms with Gasteiger partial charge in [0.1, 0.15) is 6.61 Å². The van der Waals surface area contributed by atoms with Crippen molar-refractivity contribution >= 4 is 40.6 Å². The second kappa shape index (κ2) is 9.99. The standard InChI is InChI=1S/C19H21ClN2O4S/c1-12(11-26-17-7-5-4-6-16(17)24-2)21-19(27)22-13-8-9-15(20)14(10-13)18(23)25-3/h4-10,12H,11H2,1-3H3,(H2,21,22,27)/t12-/m0/s1. The van der Waals surface area contributed by atoms with E-state index < -0.39 is 5.97 Å². The van der Waals surface area contributed by atoms with Gasteiger partial charge in [-0.05, 0) is 49.5 Å². The van der Waals surface area contributed by atoms with Gasteiger partial charge in [-0.3, -0.25) is 0 Å². The monoisotopic (exact) mass is 408 g/mol. The van der Waals surface area contributed by atoms with Crippen LogP contribution >= 0.6 is 23.8 Å². The Morgan fingerprint density at radius 1 is 1.19 bits per heavy atom. The minimum Gasteiger partial charge on any atom is -0.493 e. The third-order valence-electron chi connectivity index (χ3n) is 3.56. The van der Waals surface area contributed by atoms with Gasteiger partial charge in [0.05, 0.1) is 30.8 Å². The van der Waals surface area contributed by atoms with Crippen molar-refractivity contribution in [2.45, 2.75) is 13.0 Å². The van der Waals surface area contributed by atoms with Gasteiger partial charge in [0.15, 0.2) is 16.6 Å². The molecule has 0 amide bonds. The normalized spacial score (nSPS) is 11.3. The topological polar surface area (TPSA) is 68.8 Å². The summed E-state index contributed by atoms with van der Waals surface area (Å²) in [4.78, 5) is 11.7. The third kappa shape index (κ3) is 6.01. The highest BCUT2D eigenvalue weighted by Crippen LogP contribution is 2.25. The SMILES string of the molecule is COC(=O)c1cc(NC(=S)N[C@@H](C)COc2ccccc2OC)ccc1Cl. The molecule has 0 radical (unpaired) electrons. The predicted molar refractivity (Wildman–Crippen MR) is 110 cm³/mol. The van der Waals surface area contributed by atoms with Gasteiger partial charge in [-0.2, -0.15) is 0 Å². The van der Waals surface area contributed by atoms with Gasteiger partial charge in [-0.1, -0.05) is 23.7 Å². The lowest BCUT2D eigenvalue weighted by Crippen LogP contribution is -2.39. The largest absolute Gasteiger partial charge is 0.493 e. The van der Waals surface area contributed by atoms with E-state index in [1.165, 1.54) is 7.11 Å². The lowest BCUT2D eigenvalue weighted by molar-refractivity contribution is 0.0601. The highest BCUT2D eigenvalue weighted by molar-refractivity contribution is 7.80. The summed E-state index contributed by atoms with van der Waals surface area (Å²) in [5, 5.41) is 6.84. The zero-order valence-electron chi connectivity index (χ0n) is 15.2. The van der Waals surface area contributed by atoms with E-state index in [0.717, 1.165) is 0 Å². The third-order valence-corrected chi connectivity index (χ3v) is 4.11. The van der Waals surface area contributed by atoms with Gasteiger partial charge in [0.25, 0.3) is 0 Å². The fourth-order valence-corrected chi connectivity index (χ4v) is 2.77. The minimum absolute atomic E-state index is 0.0673. The predicted octanol–water partition coefficient (Wildman–Crippen LogP) is 3.89. The van der Waals surface area contributed by atoms with Crippen molar-refractivity contribution in [1.82, 2.24) is 5.32 Å². The Morgan fingerprint density at radius 2 is 1.89 bits per heavy atom. The molecule has 0 aliphatic carbocycles. The minimum atomic E-state index is -0.513. The summed E-state index contributed by atoms with van der Waals surface area (Å²) in [7, 11) is 2.89. The van der Waals surface area contributed by atoms with Crippen molar-refractivity contribution in [1.29, 1.82) is 0 Å². The molecule has 144 valence electrons. The molecule has 0 aliphatic heterocycles. The molecule has 0 saturated heterocycles. The molecule has 1 atom stereocenters. The first-order valence-corrected chi connectivity index (χ1v) is 8.94. The van der Waals surface area contributed by atoms with Crippen LogP contribution < -0.4 is 20.1 Å². The van der Waals surface area contributed by atoms with Gasteiger partial charge < -0.3 is 24.8 Å². The molecule has 2 N–H and O–H groups in total. The quantitative estimate of drug-likeness (QED) is 0.532. The van der Waals surface area contributed by atoms with Crippen LogP contribution in [0, 0.1) is 0 Å². The van der Waals surface area contributed by atoms with E-state index in [1.54, 1.807) is 25.3 Å². The summed E-state index contributed by atoms with van der Waals surface area (Å²) in [5.74, 6) is 0.816. The molecule has 2 aromatic rings. The Labute approximate surface area is 168 Å². The lowest BCUT2D eigenvalue weighted by Gasteiger charge is -2.18. The van der Waals surface area contributed by atoms with Crippen molar-refractivity contribution in [2.24, 2.45) is 0 Å². The van der Waals surface area contributed by atoms with E-state index >= 15 is 0 Å². The number of carbonyl (C=O) groups is 1. The molecule has 0 heterocycles. The number of hydrogen-bond donors (Lipinski definition) is 2. The first-order chi connectivity index (χ1) is 12.9. The van der Waals surface area contributed by atoms with Crippen molar-refractivity contribution in [3.63, 3.8) is 0 Å². The molecular weight excluding hydrogens is 388 g/mol. The maximum atomic E-state index is 11.7. The highest BCUT2D eigenvalue weighted by Gasteiger charge is 2.13. The van der Waals surface area contributed by atoms with Crippen molar-refractivity contribution in [3.8, 4) is 11.5 Å². The number of hydrogen-bond acceptors (Lipinski definition) is 5. The zero-order valence-corrected chi connectivity index (χ0v) is 16.8. The molecule has 0 unspecified atom stereocenters. The van der Waals surface area contributed by atoms with Crippen molar-refractivity contribution < 1.29 is 19.0 Å². The maximum Gasteiger partial charge on any atom is 0.339 e. The number of benzene rings is 2. The van der Waals surface area contributed by atoms with Gasteiger partial charge in [0, 0.05) is 5.69 Å². The van der Waals surface area contributed by atoms with Crippen LogP contribution in [0.25, 0.3) is 0 Å². The second-order valence-electron chi connectivity index (χ2n) is 5.65. The Bertz CT molecular complexity index is 816. The molecule has 0 fully saturated rings. The van der Waals surface area contributed by atoms with Crippen LogP contribution in [-0.2, 0) is 4.74 Å². The van der Waals surface area contributed by atoms with Gasteiger partial charge in [0.2, 0.25) is 0 Å². The molecule has 0 saturated carbocycles. The molecule has 0 aromatic heterocycles. The van der Waals surface area contributed by atoms with Crippen LogP contribution in [0.1, 0.15) is 17.3 Å². The Hall–Kier alpha value is -2.51. The van der Waals surface area contributed by atoms with Crippen LogP contribution in [0.4, 0.5) is 5.69 Å². The number of para-hydroxylation sites is 2. The summed E-state index contributed by atoms with van der Waals surface area (Å²) < 4.78 is 15.7. The van der Waals surface area contributed by atoms with E-state index in [9.17, 15) is 4.79 Å².